The number of carbonyl (C=O) groups excluding carboxylic acids is 2. The lowest BCUT2D eigenvalue weighted by Gasteiger charge is -2.09. The van der Waals surface area contributed by atoms with Crippen LogP contribution in [-0.4, -0.2) is 89.5 Å². The van der Waals surface area contributed by atoms with E-state index in [1.165, 1.54) is 0 Å². The van der Waals surface area contributed by atoms with Crippen LogP contribution in [0.4, 0.5) is 9.59 Å². The van der Waals surface area contributed by atoms with E-state index in [1.54, 1.807) is 0 Å². The summed E-state index contributed by atoms with van der Waals surface area (Å²) in [6, 6.07) is 0. The first-order valence-corrected chi connectivity index (χ1v) is 7.30. The summed E-state index contributed by atoms with van der Waals surface area (Å²) in [5.74, 6) is 0. The fourth-order valence-electron chi connectivity index (χ4n) is 1.52. The molecule has 2 N–H and O–H groups in total. The minimum absolute atomic E-state index is 0.00572. The van der Waals surface area contributed by atoms with Gasteiger partial charge in [-0.15, -0.1) is 0 Å². The van der Waals surface area contributed by atoms with Gasteiger partial charge in [0.2, 0.25) is 0 Å². The number of aliphatic hydroxyl groups excluding tert-OH is 1. The third kappa shape index (κ3) is 10.7. The summed E-state index contributed by atoms with van der Waals surface area (Å²) >= 11 is 0. The van der Waals surface area contributed by atoms with Crippen molar-refractivity contribution in [2.45, 2.75) is 6.10 Å². The molecule has 1 saturated heterocycles. The van der Waals surface area contributed by atoms with E-state index in [0.29, 0.717) is 39.6 Å². The smallest absolute Gasteiger partial charge is 0.441 e. The first-order valence-electron chi connectivity index (χ1n) is 7.30. The van der Waals surface area contributed by atoms with Gasteiger partial charge in [-0.25, -0.2) is 9.59 Å². The highest BCUT2D eigenvalue weighted by Gasteiger charge is 2.23. The highest BCUT2D eigenvalue weighted by Crippen LogP contribution is 2.01. The molecule has 1 fully saturated rings. The van der Waals surface area contributed by atoms with Crippen LogP contribution < -0.4 is 5.32 Å². The maximum absolute atomic E-state index is 11.2. The summed E-state index contributed by atoms with van der Waals surface area (Å²) < 4.78 is 29.7. The summed E-state index contributed by atoms with van der Waals surface area (Å²) in [4.78, 5) is 22.0. The number of nitrogens with one attached hydrogen (secondary N) is 1. The van der Waals surface area contributed by atoms with E-state index in [9.17, 15) is 9.59 Å². The Labute approximate surface area is 133 Å². The van der Waals surface area contributed by atoms with Crippen LogP contribution in [-0.2, 0) is 28.4 Å². The molecule has 0 spiro atoms. The minimum atomic E-state index is -0.839. The first-order chi connectivity index (χ1) is 11.2. The Morgan fingerprint density at radius 3 is 2.22 bits per heavy atom. The maximum atomic E-state index is 11.2. The molecule has 0 aromatic rings. The Bertz CT molecular complexity index is 339. The van der Waals surface area contributed by atoms with Crippen LogP contribution in [0.5, 0.6) is 0 Å². The number of amides is 1. The van der Waals surface area contributed by atoms with Crippen LogP contribution in [0, 0.1) is 0 Å². The molecule has 134 valence electrons. The molecule has 1 aliphatic rings. The Morgan fingerprint density at radius 2 is 1.65 bits per heavy atom. The molecule has 10 nitrogen and oxygen atoms in total. The lowest BCUT2D eigenvalue weighted by molar-refractivity contribution is -0.0110. The molecule has 1 heterocycles. The van der Waals surface area contributed by atoms with Crippen molar-refractivity contribution in [2.24, 2.45) is 0 Å². The molecule has 10 heteroatoms. The average Bonchev–Trinajstić information content (AvgIpc) is 2.96. The summed E-state index contributed by atoms with van der Waals surface area (Å²) in [6.45, 7) is 2.43. The number of carbonyl (C=O) groups is 2. The zero-order valence-electron chi connectivity index (χ0n) is 12.9. The van der Waals surface area contributed by atoms with Gasteiger partial charge in [-0.05, 0) is 0 Å². The Hall–Kier alpha value is -1.62. The van der Waals surface area contributed by atoms with Crippen molar-refractivity contribution in [1.82, 2.24) is 5.32 Å². The van der Waals surface area contributed by atoms with Gasteiger partial charge in [0.1, 0.15) is 13.2 Å². The summed E-state index contributed by atoms with van der Waals surface area (Å²) in [5.41, 5.74) is 0. The third-order valence-electron chi connectivity index (χ3n) is 2.56. The Morgan fingerprint density at radius 1 is 1.04 bits per heavy atom. The zero-order chi connectivity index (χ0) is 16.8. The van der Waals surface area contributed by atoms with Crippen molar-refractivity contribution in [3.8, 4) is 0 Å². The van der Waals surface area contributed by atoms with Crippen LogP contribution in [0.3, 0.4) is 0 Å². The number of ether oxygens (including phenoxy) is 6. The van der Waals surface area contributed by atoms with Crippen molar-refractivity contribution in [1.29, 1.82) is 0 Å². The molecule has 1 aliphatic heterocycles. The second kappa shape index (κ2) is 12.9. The van der Waals surface area contributed by atoms with Gasteiger partial charge in [-0.1, -0.05) is 0 Å². The normalized spacial score (nSPS) is 16.7. The Kier molecular flexibility index (Phi) is 10.9. The van der Waals surface area contributed by atoms with Gasteiger partial charge in [0, 0.05) is 0 Å². The van der Waals surface area contributed by atoms with E-state index in [0.717, 1.165) is 0 Å². The van der Waals surface area contributed by atoms with Crippen molar-refractivity contribution in [2.75, 3.05) is 66.0 Å². The number of rotatable bonds is 13. The lowest BCUT2D eigenvalue weighted by atomic mass is 10.4. The monoisotopic (exact) mass is 337 g/mol. The minimum Gasteiger partial charge on any atom is -0.441 e. The quantitative estimate of drug-likeness (QED) is 0.331. The molecule has 0 bridgehead atoms. The first kappa shape index (κ1) is 19.4. The van der Waals surface area contributed by atoms with E-state index < -0.39 is 18.4 Å². The van der Waals surface area contributed by atoms with E-state index >= 15 is 0 Å². The summed E-state index contributed by atoms with van der Waals surface area (Å²) in [6.07, 6.45) is -1.85. The number of aliphatic hydroxyl groups is 1. The van der Waals surface area contributed by atoms with Gasteiger partial charge in [0.25, 0.3) is 0 Å². The molecule has 0 aromatic heterocycles. The predicted octanol–water partition coefficient (Wildman–Crippen LogP) is -0.710. The fraction of sp³-hybridized carbons (Fsp3) is 0.846. The van der Waals surface area contributed by atoms with Crippen LogP contribution >= 0.6 is 0 Å². The highest BCUT2D eigenvalue weighted by molar-refractivity contribution is 5.69. The molecule has 0 saturated carbocycles. The molecule has 1 amide bonds. The molecule has 0 aliphatic carbocycles. The second-order valence-corrected chi connectivity index (χ2v) is 4.38. The molecule has 1 rings (SSSR count). The number of alkyl carbamates (subject to hydrolysis) is 1. The third-order valence-corrected chi connectivity index (χ3v) is 2.56. The molecular formula is C13H23NO9. The van der Waals surface area contributed by atoms with Crippen molar-refractivity contribution in [3.63, 3.8) is 0 Å². The van der Waals surface area contributed by atoms with Crippen molar-refractivity contribution in [3.05, 3.63) is 0 Å². The van der Waals surface area contributed by atoms with Crippen LogP contribution in [0.15, 0.2) is 0 Å². The van der Waals surface area contributed by atoms with Crippen molar-refractivity contribution >= 4 is 12.2 Å². The average molecular weight is 337 g/mol. The highest BCUT2D eigenvalue weighted by atomic mass is 16.7. The van der Waals surface area contributed by atoms with Gasteiger partial charge in [-0.2, -0.15) is 0 Å². The van der Waals surface area contributed by atoms with E-state index in [-0.39, 0.29) is 26.4 Å². The van der Waals surface area contributed by atoms with Gasteiger partial charge < -0.3 is 38.8 Å². The standard InChI is InChI=1S/C13H23NO9/c15-1-2-18-3-4-19-5-6-20-7-8-21-13(17)22-10-11-9-14-12(16)23-11/h11,15H,1-10H2,(H,14,16)/t11-/m0/s1. The maximum Gasteiger partial charge on any atom is 0.508 e. The van der Waals surface area contributed by atoms with Crippen LogP contribution in [0.25, 0.3) is 0 Å². The molecule has 0 radical (unpaired) electrons. The summed E-state index contributed by atoms with van der Waals surface area (Å²) in [7, 11) is 0. The predicted molar refractivity (Wildman–Crippen MR) is 75.1 cm³/mol. The van der Waals surface area contributed by atoms with Gasteiger partial charge in [0.15, 0.2) is 6.10 Å². The molecule has 0 unspecified atom stereocenters. The van der Waals surface area contributed by atoms with Crippen molar-refractivity contribution < 1.29 is 43.1 Å². The lowest BCUT2D eigenvalue weighted by Crippen LogP contribution is -2.23. The second-order valence-electron chi connectivity index (χ2n) is 4.38. The zero-order valence-corrected chi connectivity index (χ0v) is 12.9. The number of hydrogen-bond acceptors (Lipinski definition) is 9. The molecular weight excluding hydrogens is 314 g/mol. The SMILES string of the molecule is O=C1NC[C@@H](COC(=O)OCCOCCOCCOCCO)O1. The van der Waals surface area contributed by atoms with Crippen LogP contribution in [0.2, 0.25) is 0 Å². The number of hydrogen-bond donors (Lipinski definition) is 2. The van der Waals surface area contributed by atoms with Crippen LogP contribution in [0.1, 0.15) is 0 Å². The fourth-order valence-corrected chi connectivity index (χ4v) is 1.52. The van der Waals surface area contributed by atoms with E-state index in [2.05, 4.69) is 5.32 Å². The van der Waals surface area contributed by atoms with Gasteiger partial charge in [0.05, 0.1) is 52.8 Å². The Balaban J connectivity index is 1.80. The largest absolute Gasteiger partial charge is 0.508 e. The van der Waals surface area contributed by atoms with Gasteiger partial charge >= 0.3 is 12.2 Å². The molecule has 23 heavy (non-hydrogen) atoms. The molecule has 0 aromatic carbocycles. The molecule has 1 atom stereocenters. The van der Waals surface area contributed by atoms with E-state index in [1.807, 2.05) is 0 Å². The number of cyclic esters (lactones) is 1. The van der Waals surface area contributed by atoms with E-state index in [4.69, 9.17) is 33.5 Å². The summed E-state index contributed by atoms with van der Waals surface area (Å²) in [5, 5.41) is 10.9. The van der Waals surface area contributed by atoms with Gasteiger partial charge in [-0.3, -0.25) is 0 Å². The topological polar surface area (TPSA) is 122 Å².